The van der Waals surface area contributed by atoms with E-state index < -0.39 is 0 Å². The molecular formula is C14H17N3O. The van der Waals surface area contributed by atoms with E-state index in [1.807, 2.05) is 26.1 Å². The lowest BCUT2D eigenvalue weighted by molar-refractivity contribution is 0.0666. The molecule has 0 saturated heterocycles. The van der Waals surface area contributed by atoms with Gasteiger partial charge in [0.05, 0.1) is 17.8 Å². The molecule has 0 bridgehead atoms. The normalized spacial score (nSPS) is 22.8. The van der Waals surface area contributed by atoms with Crippen LogP contribution in [-0.2, 0) is 0 Å². The third kappa shape index (κ3) is 1.64. The van der Waals surface area contributed by atoms with E-state index in [9.17, 15) is 5.11 Å². The van der Waals surface area contributed by atoms with E-state index in [0.29, 0.717) is 0 Å². The molecule has 1 aromatic carbocycles. The molecule has 94 valence electrons. The van der Waals surface area contributed by atoms with Crippen LogP contribution in [0, 0.1) is 6.92 Å². The topological polar surface area (TPSA) is 49.2 Å². The maximum atomic E-state index is 9.78. The highest BCUT2D eigenvalue weighted by molar-refractivity contribution is 5.93. The average Bonchev–Trinajstić information content (AvgIpc) is 2.37. The van der Waals surface area contributed by atoms with Crippen molar-refractivity contribution in [1.29, 1.82) is 0 Å². The zero-order chi connectivity index (χ0) is 12.7. The molecule has 1 fully saturated rings. The quantitative estimate of drug-likeness (QED) is 0.875. The lowest BCUT2D eigenvalue weighted by Gasteiger charge is -2.40. The SMILES string of the molecule is Cc1nnc(N(C)C2CCC2O)c2ccccc12. The van der Waals surface area contributed by atoms with Gasteiger partial charge in [0.1, 0.15) is 0 Å². The van der Waals surface area contributed by atoms with Crippen LogP contribution in [0.1, 0.15) is 18.5 Å². The Hall–Kier alpha value is -1.68. The summed E-state index contributed by atoms with van der Waals surface area (Å²) in [6.07, 6.45) is 1.66. The van der Waals surface area contributed by atoms with Gasteiger partial charge in [-0.25, -0.2) is 0 Å². The van der Waals surface area contributed by atoms with Gasteiger partial charge in [-0.1, -0.05) is 24.3 Å². The van der Waals surface area contributed by atoms with Crippen molar-refractivity contribution in [1.82, 2.24) is 10.2 Å². The van der Waals surface area contributed by atoms with Crippen LogP contribution >= 0.6 is 0 Å². The number of fused-ring (bicyclic) bond motifs is 1. The maximum Gasteiger partial charge on any atom is 0.159 e. The summed E-state index contributed by atoms with van der Waals surface area (Å²) in [5, 5.41) is 20.5. The van der Waals surface area contributed by atoms with E-state index in [1.165, 1.54) is 0 Å². The van der Waals surface area contributed by atoms with Crippen LogP contribution in [0.5, 0.6) is 0 Å². The third-order valence-corrected chi connectivity index (χ3v) is 3.89. The van der Waals surface area contributed by atoms with Gasteiger partial charge in [0.25, 0.3) is 0 Å². The molecule has 2 atom stereocenters. The average molecular weight is 243 g/mol. The lowest BCUT2D eigenvalue weighted by Crippen LogP contribution is -2.49. The predicted molar refractivity (Wildman–Crippen MR) is 71.7 cm³/mol. The van der Waals surface area contributed by atoms with Crippen molar-refractivity contribution in [2.24, 2.45) is 0 Å². The van der Waals surface area contributed by atoms with Crippen LogP contribution in [0.25, 0.3) is 10.8 Å². The molecule has 0 spiro atoms. The molecule has 1 aliphatic rings. The molecule has 1 N–H and O–H groups in total. The Balaban J connectivity index is 2.09. The first-order valence-electron chi connectivity index (χ1n) is 6.31. The molecule has 0 radical (unpaired) electrons. The fourth-order valence-corrected chi connectivity index (χ4v) is 2.56. The summed E-state index contributed by atoms with van der Waals surface area (Å²) in [6, 6.07) is 8.32. The molecule has 1 aliphatic carbocycles. The van der Waals surface area contributed by atoms with Crippen LogP contribution in [-0.4, -0.2) is 34.5 Å². The van der Waals surface area contributed by atoms with Crippen molar-refractivity contribution in [3.63, 3.8) is 0 Å². The molecule has 0 amide bonds. The van der Waals surface area contributed by atoms with Gasteiger partial charge in [0.15, 0.2) is 5.82 Å². The summed E-state index contributed by atoms with van der Waals surface area (Å²) in [7, 11) is 1.98. The molecule has 4 nitrogen and oxygen atoms in total. The number of nitrogens with zero attached hydrogens (tertiary/aromatic N) is 3. The summed E-state index contributed by atoms with van der Waals surface area (Å²) < 4.78 is 0. The molecule has 2 aromatic rings. The van der Waals surface area contributed by atoms with E-state index in [0.717, 1.165) is 35.1 Å². The summed E-state index contributed by atoms with van der Waals surface area (Å²) in [5.74, 6) is 0.861. The van der Waals surface area contributed by atoms with Crippen LogP contribution < -0.4 is 4.90 Å². The zero-order valence-electron chi connectivity index (χ0n) is 10.7. The Kier molecular flexibility index (Phi) is 2.67. The number of aliphatic hydroxyl groups excluding tert-OH is 1. The van der Waals surface area contributed by atoms with Gasteiger partial charge >= 0.3 is 0 Å². The molecule has 1 saturated carbocycles. The number of anilines is 1. The number of aliphatic hydroxyl groups is 1. The number of aromatic nitrogens is 2. The third-order valence-electron chi connectivity index (χ3n) is 3.89. The lowest BCUT2D eigenvalue weighted by atomic mass is 9.88. The predicted octanol–water partition coefficient (Wildman–Crippen LogP) is 1.90. The second kappa shape index (κ2) is 4.21. The Morgan fingerprint density at radius 3 is 2.50 bits per heavy atom. The van der Waals surface area contributed by atoms with Crippen molar-refractivity contribution in [2.75, 3.05) is 11.9 Å². The second-order valence-electron chi connectivity index (χ2n) is 4.98. The van der Waals surface area contributed by atoms with Crippen LogP contribution in [0.2, 0.25) is 0 Å². The molecule has 1 heterocycles. The fourth-order valence-electron chi connectivity index (χ4n) is 2.56. The number of hydrogen-bond donors (Lipinski definition) is 1. The molecular weight excluding hydrogens is 226 g/mol. The summed E-state index contributed by atoms with van der Waals surface area (Å²) in [5.41, 5.74) is 0.942. The smallest absolute Gasteiger partial charge is 0.159 e. The summed E-state index contributed by atoms with van der Waals surface area (Å²) in [6.45, 7) is 1.97. The highest BCUT2D eigenvalue weighted by Gasteiger charge is 2.33. The van der Waals surface area contributed by atoms with Crippen molar-refractivity contribution in [3.8, 4) is 0 Å². The Morgan fingerprint density at radius 1 is 1.17 bits per heavy atom. The van der Waals surface area contributed by atoms with E-state index in [-0.39, 0.29) is 12.1 Å². The monoisotopic (exact) mass is 243 g/mol. The minimum atomic E-state index is -0.239. The van der Waals surface area contributed by atoms with Crippen LogP contribution in [0.15, 0.2) is 24.3 Å². The molecule has 1 aromatic heterocycles. The number of aryl methyl sites for hydroxylation is 1. The minimum Gasteiger partial charge on any atom is -0.391 e. The first-order valence-corrected chi connectivity index (χ1v) is 6.31. The van der Waals surface area contributed by atoms with Gasteiger partial charge < -0.3 is 10.0 Å². The molecule has 4 heteroatoms. The van der Waals surface area contributed by atoms with Gasteiger partial charge in [-0.15, -0.1) is 5.10 Å². The molecule has 3 rings (SSSR count). The maximum absolute atomic E-state index is 9.78. The van der Waals surface area contributed by atoms with Crippen molar-refractivity contribution >= 4 is 16.6 Å². The minimum absolute atomic E-state index is 0.172. The number of hydrogen-bond acceptors (Lipinski definition) is 4. The van der Waals surface area contributed by atoms with Crippen molar-refractivity contribution in [2.45, 2.75) is 31.9 Å². The second-order valence-corrected chi connectivity index (χ2v) is 4.98. The number of benzene rings is 1. The Bertz CT molecular complexity index is 584. The summed E-state index contributed by atoms with van der Waals surface area (Å²) in [4.78, 5) is 2.06. The van der Waals surface area contributed by atoms with Gasteiger partial charge in [0.2, 0.25) is 0 Å². The highest BCUT2D eigenvalue weighted by Crippen LogP contribution is 2.31. The molecule has 18 heavy (non-hydrogen) atoms. The number of rotatable bonds is 2. The molecule has 2 unspecified atom stereocenters. The largest absolute Gasteiger partial charge is 0.391 e. The standard InChI is InChI=1S/C14H17N3O/c1-9-10-5-3-4-6-11(10)14(16-15-9)17(2)12-7-8-13(12)18/h3-6,12-13,18H,7-8H2,1-2H3. The Morgan fingerprint density at radius 2 is 1.89 bits per heavy atom. The van der Waals surface area contributed by atoms with Gasteiger partial charge in [-0.2, -0.15) is 5.10 Å². The Labute approximate surface area is 106 Å². The van der Waals surface area contributed by atoms with E-state index in [2.05, 4.69) is 27.2 Å². The fraction of sp³-hybridized carbons (Fsp3) is 0.429. The van der Waals surface area contributed by atoms with Crippen LogP contribution in [0.4, 0.5) is 5.82 Å². The van der Waals surface area contributed by atoms with E-state index in [1.54, 1.807) is 0 Å². The summed E-state index contributed by atoms with van der Waals surface area (Å²) >= 11 is 0. The molecule has 0 aliphatic heterocycles. The van der Waals surface area contributed by atoms with Gasteiger partial charge in [-0.05, 0) is 19.8 Å². The first kappa shape index (κ1) is 11.4. The zero-order valence-corrected chi connectivity index (χ0v) is 10.7. The van der Waals surface area contributed by atoms with Gasteiger partial charge in [0, 0.05) is 17.8 Å². The van der Waals surface area contributed by atoms with Crippen molar-refractivity contribution in [3.05, 3.63) is 30.0 Å². The van der Waals surface area contributed by atoms with Crippen molar-refractivity contribution < 1.29 is 5.11 Å². The van der Waals surface area contributed by atoms with E-state index in [4.69, 9.17) is 0 Å². The first-order chi connectivity index (χ1) is 8.68. The highest BCUT2D eigenvalue weighted by atomic mass is 16.3. The van der Waals surface area contributed by atoms with E-state index >= 15 is 0 Å². The number of likely N-dealkylation sites (N-methyl/N-ethyl adjacent to an activating group) is 1. The van der Waals surface area contributed by atoms with Gasteiger partial charge in [-0.3, -0.25) is 0 Å². The van der Waals surface area contributed by atoms with Crippen LogP contribution in [0.3, 0.4) is 0 Å².